The smallest absolute Gasteiger partial charge is 0.331 e. The van der Waals surface area contributed by atoms with Gasteiger partial charge < -0.3 is 5.11 Å². The number of carboxylic acid groups (broad SMARTS) is 1. The molecule has 0 saturated carbocycles. The second-order valence-corrected chi connectivity index (χ2v) is 3.14. The first-order valence-corrected chi connectivity index (χ1v) is 4.18. The first-order valence-electron chi connectivity index (χ1n) is 4.18. The summed E-state index contributed by atoms with van der Waals surface area (Å²) in [5.41, 5.74) is 1.30. The van der Waals surface area contributed by atoms with Crippen molar-refractivity contribution in [2.45, 2.75) is 13.8 Å². The fraction of sp³-hybridized carbons (Fsp3) is 0.182. The number of aliphatic carboxylic acids is 1. The molecule has 1 aromatic rings. The zero-order valence-electron chi connectivity index (χ0n) is 8.04. The van der Waals surface area contributed by atoms with Gasteiger partial charge in [-0.1, -0.05) is 12.1 Å². The van der Waals surface area contributed by atoms with Gasteiger partial charge in [0, 0.05) is 5.57 Å². The van der Waals surface area contributed by atoms with Gasteiger partial charge in [-0.05, 0) is 37.1 Å². The van der Waals surface area contributed by atoms with E-state index in [4.69, 9.17) is 5.11 Å². The molecule has 1 rings (SSSR count). The number of rotatable bonds is 2. The van der Waals surface area contributed by atoms with Gasteiger partial charge in [0.2, 0.25) is 0 Å². The number of carbonyl (C=O) groups is 1. The maximum Gasteiger partial charge on any atom is 0.331 e. The molecule has 0 unspecified atom stereocenters. The molecule has 0 heterocycles. The SMILES string of the molecule is C/C(=C\c1ccc(C)c(F)c1)C(=O)O. The topological polar surface area (TPSA) is 37.3 Å². The van der Waals surface area contributed by atoms with Crippen LogP contribution in [-0.2, 0) is 4.79 Å². The lowest BCUT2D eigenvalue weighted by Crippen LogP contribution is -1.95. The van der Waals surface area contributed by atoms with Crippen LogP contribution in [0.3, 0.4) is 0 Å². The highest BCUT2D eigenvalue weighted by Gasteiger charge is 2.01. The Morgan fingerprint density at radius 1 is 1.50 bits per heavy atom. The van der Waals surface area contributed by atoms with Crippen LogP contribution in [-0.4, -0.2) is 11.1 Å². The van der Waals surface area contributed by atoms with Gasteiger partial charge in [0.25, 0.3) is 0 Å². The summed E-state index contributed by atoms with van der Waals surface area (Å²) in [5.74, 6) is -1.32. The zero-order chi connectivity index (χ0) is 10.7. The molecule has 0 aliphatic carbocycles. The molecule has 0 aliphatic heterocycles. The summed E-state index contributed by atoms with van der Waals surface area (Å²) in [6.07, 6.45) is 1.44. The highest BCUT2D eigenvalue weighted by Crippen LogP contribution is 2.12. The van der Waals surface area contributed by atoms with Gasteiger partial charge in [-0.2, -0.15) is 0 Å². The van der Waals surface area contributed by atoms with Crippen molar-refractivity contribution in [2.24, 2.45) is 0 Å². The van der Waals surface area contributed by atoms with Crippen molar-refractivity contribution in [2.75, 3.05) is 0 Å². The molecule has 0 saturated heterocycles. The van der Waals surface area contributed by atoms with Crippen molar-refractivity contribution < 1.29 is 14.3 Å². The molecular formula is C11H11FO2. The van der Waals surface area contributed by atoms with Gasteiger partial charge in [0.1, 0.15) is 5.82 Å². The molecule has 3 heteroatoms. The largest absolute Gasteiger partial charge is 0.478 e. The Morgan fingerprint density at radius 3 is 2.64 bits per heavy atom. The molecule has 14 heavy (non-hydrogen) atoms. The summed E-state index contributed by atoms with van der Waals surface area (Å²) in [6, 6.07) is 4.63. The Bertz CT molecular complexity index is 394. The maximum atomic E-state index is 13.1. The number of aryl methyl sites for hydroxylation is 1. The van der Waals surface area contributed by atoms with Crippen LogP contribution >= 0.6 is 0 Å². The van der Waals surface area contributed by atoms with Gasteiger partial charge in [0.15, 0.2) is 0 Å². The molecule has 74 valence electrons. The van der Waals surface area contributed by atoms with E-state index in [0.29, 0.717) is 11.1 Å². The summed E-state index contributed by atoms with van der Waals surface area (Å²) in [6.45, 7) is 3.13. The third-order valence-corrected chi connectivity index (χ3v) is 1.92. The van der Waals surface area contributed by atoms with Crippen LogP contribution < -0.4 is 0 Å². The molecular weight excluding hydrogens is 183 g/mol. The molecule has 0 radical (unpaired) electrons. The molecule has 1 N–H and O–H groups in total. The molecule has 1 aromatic carbocycles. The molecule has 0 bridgehead atoms. The maximum absolute atomic E-state index is 13.1. The number of halogens is 1. The third kappa shape index (κ3) is 2.42. The third-order valence-electron chi connectivity index (χ3n) is 1.92. The van der Waals surface area contributed by atoms with Crippen LogP contribution in [0.5, 0.6) is 0 Å². The van der Waals surface area contributed by atoms with E-state index in [2.05, 4.69) is 0 Å². The van der Waals surface area contributed by atoms with E-state index in [1.54, 1.807) is 19.1 Å². The Labute approximate surface area is 81.7 Å². The van der Waals surface area contributed by atoms with Gasteiger partial charge >= 0.3 is 5.97 Å². The Morgan fingerprint density at radius 2 is 2.14 bits per heavy atom. The lowest BCUT2D eigenvalue weighted by molar-refractivity contribution is -0.132. The summed E-state index contributed by atoms with van der Waals surface area (Å²) >= 11 is 0. The van der Waals surface area contributed by atoms with E-state index < -0.39 is 5.97 Å². The van der Waals surface area contributed by atoms with E-state index in [9.17, 15) is 9.18 Å². The lowest BCUT2D eigenvalue weighted by Gasteiger charge is -1.98. The Hall–Kier alpha value is -1.64. The molecule has 0 aromatic heterocycles. The minimum atomic E-state index is -0.994. The number of hydrogen-bond donors (Lipinski definition) is 1. The van der Waals surface area contributed by atoms with Crippen molar-refractivity contribution in [1.82, 2.24) is 0 Å². The lowest BCUT2D eigenvalue weighted by atomic mass is 10.1. The summed E-state index contributed by atoms with van der Waals surface area (Å²) in [7, 11) is 0. The van der Waals surface area contributed by atoms with Crippen molar-refractivity contribution in [1.29, 1.82) is 0 Å². The van der Waals surface area contributed by atoms with Crippen LogP contribution in [0.1, 0.15) is 18.1 Å². The second kappa shape index (κ2) is 4.05. The van der Waals surface area contributed by atoms with Gasteiger partial charge in [-0.25, -0.2) is 9.18 Å². The first-order chi connectivity index (χ1) is 6.50. The van der Waals surface area contributed by atoms with E-state index in [-0.39, 0.29) is 11.4 Å². The molecule has 2 nitrogen and oxygen atoms in total. The van der Waals surface area contributed by atoms with Crippen LogP contribution in [0.25, 0.3) is 6.08 Å². The minimum Gasteiger partial charge on any atom is -0.478 e. The Kier molecular flexibility index (Phi) is 3.02. The number of hydrogen-bond acceptors (Lipinski definition) is 1. The normalized spacial score (nSPS) is 11.5. The van der Waals surface area contributed by atoms with E-state index in [1.165, 1.54) is 19.1 Å². The fourth-order valence-corrected chi connectivity index (χ4v) is 1.01. The summed E-state index contributed by atoms with van der Waals surface area (Å²) in [4.78, 5) is 10.5. The van der Waals surface area contributed by atoms with Crippen LogP contribution in [0, 0.1) is 12.7 Å². The highest BCUT2D eigenvalue weighted by atomic mass is 19.1. The van der Waals surface area contributed by atoms with E-state index in [0.717, 1.165) is 0 Å². The zero-order valence-corrected chi connectivity index (χ0v) is 8.04. The average Bonchev–Trinajstić information content (AvgIpc) is 2.11. The fourth-order valence-electron chi connectivity index (χ4n) is 1.01. The predicted octanol–water partition coefficient (Wildman–Crippen LogP) is 2.62. The van der Waals surface area contributed by atoms with E-state index >= 15 is 0 Å². The molecule has 0 spiro atoms. The molecule has 0 fully saturated rings. The predicted molar refractivity (Wildman–Crippen MR) is 52.4 cm³/mol. The monoisotopic (exact) mass is 194 g/mol. The van der Waals surface area contributed by atoms with Gasteiger partial charge in [-0.15, -0.1) is 0 Å². The number of benzene rings is 1. The second-order valence-electron chi connectivity index (χ2n) is 3.14. The standard InChI is InChI=1S/C11H11FO2/c1-7-3-4-9(6-10(7)12)5-8(2)11(13)14/h3-6H,1-2H3,(H,13,14)/b8-5+. The average molecular weight is 194 g/mol. The summed E-state index contributed by atoms with van der Waals surface area (Å²) < 4.78 is 13.1. The minimum absolute atomic E-state index is 0.188. The van der Waals surface area contributed by atoms with Crippen molar-refractivity contribution in [3.8, 4) is 0 Å². The van der Waals surface area contributed by atoms with Gasteiger partial charge in [-0.3, -0.25) is 0 Å². The van der Waals surface area contributed by atoms with E-state index in [1.807, 2.05) is 0 Å². The van der Waals surface area contributed by atoms with Crippen LogP contribution in [0.15, 0.2) is 23.8 Å². The van der Waals surface area contributed by atoms with Crippen molar-refractivity contribution in [3.63, 3.8) is 0 Å². The highest BCUT2D eigenvalue weighted by molar-refractivity contribution is 5.91. The Balaban J connectivity index is 3.04. The molecule has 0 amide bonds. The van der Waals surface area contributed by atoms with Crippen molar-refractivity contribution in [3.05, 3.63) is 40.7 Å². The molecule has 0 aliphatic rings. The van der Waals surface area contributed by atoms with Crippen LogP contribution in [0.4, 0.5) is 4.39 Å². The summed E-state index contributed by atoms with van der Waals surface area (Å²) in [5, 5.41) is 8.61. The quantitative estimate of drug-likeness (QED) is 0.735. The van der Waals surface area contributed by atoms with Gasteiger partial charge in [0.05, 0.1) is 0 Å². The van der Waals surface area contributed by atoms with Crippen LogP contribution in [0.2, 0.25) is 0 Å². The van der Waals surface area contributed by atoms with Crippen molar-refractivity contribution >= 4 is 12.0 Å². The number of carboxylic acids is 1. The first kappa shape index (κ1) is 10.4. The molecule has 0 atom stereocenters.